The molecule has 3 nitrogen and oxygen atoms in total. The number of para-hydroxylation sites is 1. The highest BCUT2D eigenvalue weighted by molar-refractivity contribution is 6.33. The van der Waals surface area contributed by atoms with Crippen molar-refractivity contribution in [2.45, 2.75) is 33.4 Å². The quantitative estimate of drug-likeness (QED) is 0.888. The SMILES string of the molecule is CCCn1cncc1CNc1c(C)cccc1Cl. The first-order valence-electron chi connectivity index (χ1n) is 6.20. The molecule has 0 aliphatic carbocycles. The lowest BCUT2D eigenvalue weighted by Crippen LogP contribution is -2.07. The average molecular weight is 264 g/mol. The van der Waals surface area contributed by atoms with Crippen molar-refractivity contribution < 1.29 is 0 Å². The third-order valence-electron chi connectivity index (χ3n) is 2.93. The molecular weight excluding hydrogens is 246 g/mol. The van der Waals surface area contributed by atoms with Crippen molar-refractivity contribution in [1.29, 1.82) is 0 Å². The van der Waals surface area contributed by atoms with E-state index in [0.717, 1.165) is 35.8 Å². The summed E-state index contributed by atoms with van der Waals surface area (Å²) in [5.41, 5.74) is 3.34. The van der Waals surface area contributed by atoms with Crippen LogP contribution in [0.4, 0.5) is 5.69 Å². The molecule has 0 bridgehead atoms. The van der Waals surface area contributed by atoms with Crippen LogP contribution in [0.5, 0.6) is 0 Å². The minimum atomic E-state index is 0.741. The molecule has 0 unspecified atom stereocenters. The molecule has 1 aromatic heterocycles. The minimum absolute atomic E-state index is 0.741. The van der Waals surface area contributed by atoms with Crippen LogP contribution >= 0.6 is 11.6 Å². The molecule has 1 heterocycles. The van der Waals surface area contributed by atoms with E-state index in [1.54, 1.807) is 0 Å². The van der Waals surface area contributed by atoms with Gasteiger partial charge in [-0.15, -0.1) is 0 Å². The number of halogens is 1. The lowest BCUT2D eigenvalue weighted by molar-refractivity contribution is 0.651. The number of rotatable bonds is 5. The molecule has 0 aliphatic rings. The van der Waals surface area contributed by atoms with E-state index in [1.807, 2.05) is 24.7 Å². The molecule has 2 rings (SSSR count). The van der Waals surface area contributed by atoms with E-state index in [4.69, 9.17) is 11.6 Å². The maximum atomic E-state index is 6.19. The molecule has 1 N–H and O–H groups in total. The molecule has 0 saturated heterocycles. The third-order valence-corrected chi connectivity index (χ3v) is 3.25. The number of nitrogens with one attached hydrogen (secondary N) is 1. The molecule has 1 aromatic carbocycles. The zero-order chi connectivity index (χ0) is 13.0. The normalized spacial score (nSPS) is 10.6. The highest BCUT2D eigenvalue weighted by Crippen LogP contribution is 2.25. The number of imidazole rings is 1. The monoisotopic (exact) mass is 263 g/mol. The van der Waals surface area contributed by atoms with Crippen molar-refractivity contribution in [3.63, 3.8) is 0 Å². The lowest BCUT2D eigenvalue weighted by Gasteiger charge is -2.12. The molecule has 0 amide bonds. The van der Waals surface area contributed by atoms with Gasteiger partial charge < -0.3 is 9.88 Å². The number of hydrogen-bond donors (Lipinski definition) is 1. The van der Waals surface area contributed by atoms with E-state index in [9.17, 15) is 0 Å². The number of nitrogens with zero attached hydrogens (tertiary/aromatic N) is 2. The number of hydrogen-bond acceptors (Lipinski definition) is 2. The van der Waals surface area contributed by atoms with Gasteiger partial charge in [0.25, 0.3) is 0 Å². The molecule has 18 heavy (non-hydrogen) atoms. The highest BCUT2D eigenvalue weighted by Gasteiger charge is 2.05. The molecule has 0 fully saturated rings. The fourth-order valence-corrected chi connectivity index (χ4v) is 2.26. The van der Waals surface area contributed by atoms with Gasteiger partial charge in [-0.25, -0.2) is 4.98 Å². The second kappa shape index (κ2) is 5.91. The van der Waals surface area contributed by atoms with Crippen LogP contribution in [0.1, 0.15) is 24.6 Å². The van der Waals surface area contributed by atoms with Gasteiger partial charge in [0.15, 0.2) is 0 Å². The largest absolute Gasteiger partial charge is 0.378 e. The minimum Gasteiger partial charge on any atom is -0.378 e. The van der Waals surface area contributed by atoms with Crippen molar-refractivity contribution in [1.82, 2.24) is 9.55 Å². The summed E-state index contributed by atoms with van der Waals surface area (Å²) >= 11 is 6.19. The van der Waals surface area contributed by atoms with Crippen LogP contribution in [0.3, 0.4) is 0 Å². The van der Waals surface area contributed by atoms with Crippen molar-refractivity contribution >= 4 is 17.3 Å². The zero-order valence-electron chi connectivity index (χ0n) is 10.8. The summed E-state index contributed by atoms with van der Waals surface area (Å²) in [6, 6.07) is 5.92. The van der Waals surface area contributed by atoms with Crippen LogP contribution in [0.25, 0.3) is 0 Å². The predicted molar refractivity (Wildman–Crippen MR) is 76.0 cm³/mol. The van der Waals surface area contributed by atoms with E-state index < -0.39 is 0 Å². The Morgan fingerprint density at radius 3 is 2.94 bits per heavy atom. The molecule has 2 aromatic rings. The van der Waals surface area contributed by atoms with Gasteiger partial charge in [-0.1, -0.05) is 30.7 Å². The number of benzene rings is 1. The van der Waals surface area contributed by atoms with E-state index in [0.29, 0.717) is 0 Å². The first-order valence-corrected chi connectivity index (χ1v) is 6.58. The molecular formula is C14H18ClN3. The predicted octanol–water partition coefficient (Wildman–Crippen LogP) is 3.87. The Kier molecular flexibility index (Phi) is 4.26. The summed E-state index contributed by atoms with van der Waals surface area (Å²) in [7, 11) is 0. The van der Waals surface area contributed by atoms with Crippen LogP contribution in [0.2, 0.25) is 5.02 Å². The zero-order valence-corrected chi connectivity index (χ0v) is 11.5. The fraction of sp³-hybridized carbons (Fsp3) is 0.357. The van der Waals surface area contributed by atoms with Crippen molar-refractivity contribution in [3.8, 4) is 0 Å². The Morgan fingerprint density at radius 2 is 2.22 bits per heavy atom. The van der Waals surface area contributed by atoms with Crippen molar-refractivity contribution in [3.05, 3.63) is 47.0 Å². The van der Waals surface area contributed by atoms with Gasteiger partial charge in [0.1, 0.15) is 0 Å². The van der Waals surface area contributed by atoms with Crippen LogP contribution < -0.4 is 5.32 Å². The number of anilines is 1. The molecule has 0 aliphatic heterocycles. The maximum absolute atomic E-state index is 6.19. The Balaban J connectivity index is 2.09. The third kappa shape index (κ3) is 2.85. The summed E-state index contributed by atoms with van der Waals surface area (Å²) in [5, 5.41) is 4.15. The van der Waals surface area contributed by atoms with Gasteiger partial charge in [0, 0.05) is 12.7 Å². The van der Waals surface area contributed by atoms with Gasteiger partial charge >= 0.3 is 0 Å². The van der Waals surface area contributed by atoms with Gasteiger partial charge in [0.2, 0.25) is 0 Å². The molecule has 0 spiro atoms. The summed E-state index contributed by atoms with van der Waals surface area (Å²) in [6.07, 6.45) is 4.88. The number of aromatic nitrogens is 2. The smallest absolute Gasteiger partial charge is 0.0948 e. The second-order valence-electron chi connectivity index (χ2n) is 4.36. The van der Waals surface area contributed by atoms with Gasteiger partial charge in [0.05, 0.1) is 29.3 Å². The van der Waals surface area contributed by atoms with Crippen molar-refractivity contribution in [2.24, 2.45) is 0 Å². The topological polar surface area (TPSA) is 29.9 Å². The van der Waals surface area contributed by atoms with E-state index in [-0.39, 0.29) is 0 Å². The summed E-state index contributed by atoms with van der Waals surface area (Å²) < 4.78 is 2.17. The summed E-state index contributed by atoms with van der Waals surface area (Å²) in [4.78, 5) is 4.19. The Hall–Kier alpha value is -1.48. The standard InChI is InChI=1S/C14H18ClN3/c1-3-7-18-10-16-8-12(18)9-17-14-11(2)5-4-6-13(14)15/h4-6,8,10,17H,3,7,9H2,1-2H3. The molecule has 0 atom stereocenters. The van der Waals surface area contributed by atoms with Gasteiger partial charge in [-0.05, 0) is 25.0 Å². The molecule has 4 heteroatoms. The summed E-state index contributed by atoms with van der Waals surface area (Å²) in [5.74, 6) is 0. The number of aryl methyl sites for hydroxylation is 2. The van der Waals surface area contributed by atoms with Crippen LogP contribution in [0.15, 0.2) is 30.7 Å². The van der Waals surface area contributed by atoms with E-state index >= 15 is 0 Å². The first kappa shape index (κ1) is 13.0. The maximum Gasteiger partial charge on any atom is 0.0948 e. The molecule has 96 valence electrons. The van der Waals surface area contributed by atoms with Crippen molar-refractivity contribution in [2.75, 3.05) is 5.32 Å². The highest BCUT2D eigenvalue weighted by atomic mass is 35.5. The molecule has 0 radical (unpaired) electrons. The average Bonchev–Trinajstić information content (AvgIpc) is 2.77. The molecule has 0 saturated carbocycles. The van der Waals surface area contributed by atoms with Gasteiger partial charge in [-0.2, -0.15) is 0 Å². The van der Waals surface area contributed by atoms with Crippen LogP contribution in [-0.4, -0.2) is 9.55 Å². The first-order chi connectivity index (χ1) is 8.72. The second-order valence-corrected chi connectivity index (χ2v) is 4.77. The Labute approximate surface area is 113 Å². The van der Waals surface area contributed by atoms with E-state index in [1.165, 1.54) is 5.69 Å². The van der Waals surface area contributed by atoms with Gasteiger partial charge in [-0.3, -0.25) is 0 Å². The van der Waals surface area contributed by atoms with E-state index in [2.05, 4.69) is 34.8 Å². The fourth-order valence-electron chi connectivity index (χ4n) is 1.97. The lowest BCUT2D eigenvalue weighted by atomic mass is 10.2. The Morgan fingerprint density at radius 1 is 1.39 bits per heavy atom. The Bertz CT molecular complexity index is 499. The van der Waals surface area contributed by atoms with Crippen LogP contribution in [-0.2, 0) is 13.1 Å². The summed E-state index contributed by atoms with van der Waals surface area (Å²) in [6.45, 7) is 5.95. The van der Waals surface area contributed by atoms with Crippen LogP contribution in [0, 0.1) is 6.92 Å².